The Labute approximate surface area is 70.7 Å². The van der Waals surface area contributed by atoms with Crippen LogP contribution in [0.1, 0.15) is 5.76 Å². The van der Waals surface area contributed by atoms with Gasteiger partial charge < -0.3 is 4.52 Å². The van der Waals surface area contributed by atoms with E-state index in [4.69, 9.17) is 0 Å². The normalized spacial score (nSPS) is 11.8. The van der Waals surface area contributed by atoms with Crippen molar-refractivity contribution < 1.29 is 16.8 Å². The van der Waals surface area contributed by atoms with E-state index in [1.807, 2.05) is 0 Å². The molecule has 62 valence electrons. The van der Waals surface area contributed by atoms with Gasteiger partial charge in [0.15, 0.2) is 5.76 Å². The molecule has 1 aromatic rings. The molecule has 7 heteroatoms. The molecule has 0 bridgehead atoms. The van der Waals surface area contributed by atoms with E-state index in [9.17, 15) is 12.3 Å². The topological polar surface area (TPSA) is 60.2 Å². The highest BCUT2D eigenvalue weighted by atomic mass is 79.9. The van der Waals surface area contributed by atoms with E-state index < -0.39 is 16.0 Å². The molecule has 0 aliphatic heterocycles. The summed E-state index contributed by atoms with van der Waals surface area (Å²) in [7, 11) is -4.52. The summed E-state index contributed by atoms with van der Waals surface area (Å²) in [6.45, 7) is 0. The monoisotopic (exact) mass is 243 g/mol. The minimum Gasteiger partial charge on any atom is -0.359 e. The Kier molecular flexibility index (Phi) is 2.28. The summed E-state index contributed by atoms with van der Waals surface area (Å²) >= 11 is 2.92. The first kappa shape index (κ1) is 8.66. The highest BCUT2D eigenvalue weighted by molar-refractivity contribution is 9.10. The van der Waals surface area contributed by atoms with Crippen LogP contribution in [0, 0.1) is 0 Å². The average Bonchev–Trinajstić information content (AvgIpc) is 2.10. The summed E-state index contributed by atoms with van der Waals surface area (Å²) in [6, 6.07) is 1.29. The highest BCUT2D eigenvalue weighted by Crippen LogP contribution is 2.12. The van der Waals surface area contributed by atoms with Gasteiger partial charge in [0.2, 0.25) is 0 Å². The minimum atomic E-state index is -4.52. The molecule has 0 aliphatic rings. The molecule has 1 rings (SSSR count). The van der Waals surface area contributed by atoms with Crippen LogP contribution in [-0.4, -0.2) is 13.6 Å². The smallest absolute Gasteiger partial charge is 0.309 e. The molecule has 1 aromatic heterocycles. The zero-order valence-corrected chi connectivity index (χ0v) is 7.52. The average molecular weight is 244 g/mol. The summed E-state index contributed by atoms with van der Waals surface area (Å²) in [4.78, 5) is 0. The molecule has 0 spiro atoms. The summed E-state index contributed by atoms with van der Waals surface area (Å²) in [6.07, 6.45) is 0. The lowest BCUT2D eigenvalue weighted by Crippen LogP contribution is -1.93. The van der Waals surface area contributed by atoms with Crippen molar-refractivity contribution in [3.63, 3.8) is 0 Å². The molecule has 0 unspecified atom stereocenters. The fourth-order valence-corrected chi connectivity index (χ4v) is 1.33. The largest absolute Gasteiger partial charge is 0.359 e. The molecule has 0 fully saturated rings. The first-order valence-electron chi connectivity index (χ1n) is 2.51. The molecule has 11 heavy (non-hydrogen) atoms. The van der Waals surface area contributed by atoms with Gasteiger partial charge in [-0.3, -0.25) is 0 Å². The molecule has 0 saturated carbocycles. The number of nitrogens with zero attached hydrogens (tertiary/aromatic N) is 1. The Hall–Kier alpha value is -0.430. The zero-order chi connectivity index (χ0) is 8.48. The van der Waals surface area contributed by atoms with Crippen molar-refractivity contribution in [1.82, 2.24) is 5.16 Å². The second-order valence-corrected chi connectivity index (χ2v) is 3.98. The van der Waals surface area contributed by atoms with Crippen molar-refractivity contribution in [3.05, 3.63) is 16.4 Å². The number of halogens is 2. The fourth-order valence-electron chi connectivity index (χ4n) is 0.526. The predicted octanol–water partition coefficient (Wildman–Crippen LogP) is 1.24. The van der Waals surface area contributed by atoms with Crippen LogP contribution in [0.5, 0.6) is 0 Å². The van der Waals surface area contributed by atoms with Gasteiger partial charge in [-0.05, 0) is 15.9 Å². The zero-order valence-electron chi connectivity index (χ0n) is 5.12. The molecule has 0 saturated heterocycles. The van der Waals surface area contributed by atoms with Crippen molar-refractivity contribution in [3.8, 4) is 0 Å². The summed E-state index contributed by atoms with van der Waals surface area (Å²) in [5, 5.41) is 3.31. The molecule has 1 heterocycles. The Morgan fingerprint density at radius 3 is 2.73 bits per heavy atom. The van der Waals surface area contributed by atoms with Gasteiger partial charge in [0.1, 0.15) is 10.4 Å². The quantitative estimate of drug-likeness (QED) is 0.734. The SMILES string of the molecule is O=S(=O)(F)Cc1cc(Br)no1. The standard InChI is InChI=1S/C4H3BrFNO3S/c5-4-1-3(10-7-4)2-11(6,8)9/h1H,2H2. The Morgan fingerprint density at radius 2 is 2.36 bits per heavy atom. The van der Waals surface area contributed by atoms with Crippen LogP contribution in [-0.2, 0) is 16.0 Å². The first-order valence-corrected chi connectivity index (χ1v) is 4.85. The van der Waals surface area contributed by atoms with E-state index in [-0.39, 0.29) is 5.76 Å². The fraction of sp³-hybridized carbons (Fsp3) is 0.250. The highest BCUT2D eigenvalue weighted by Gasteiger charge is 2.12. The third-order valence-corrected chi connectivity index (χ3v) is 1.85. The summed E-state index contributed by atoms with van der Waals surface area (Å²) in [5.74, 6) is -0.801. The maximum Gasteiger partial charge on any atom is 0.309 e. The van der Waals surface area contributed by atoms with Crippen LogP contribution in [0.2, 0.25) is 0 Å². The van der Waals surface area contributed by atoms with Crippen molar-refractivity contribution in [2.45, 2.75) is 5.75 Å². The van der Waals surface area contributed by atoms with Crippen LogP contribution in [0.15, 0.2) is 15.2 Å². The minimum absolute atomic E-state index is 0.0284. The Bertz CT molecular complexity index is 346. The van der Waals surface area contributed by atoms with Crippen LogP contribution in [0.4, 0.5) is 3.89 Å². The maximum atomic E-state index is 12.0. The first-order chi connectivity index (χ1) is 4.97. The van der Waals surface area contributed by atoms with Gasteiger partial charge in [-0.25, -0.2) is 0 Å². The van der Waals surface area contributed by atoms with Gasteiger partial charge in [0, 0.05) is 6.07 Å². The maximum absolute atomic E-state index is 12.0. The summed E-state index contributed by atoms with van der Waals surface area (Å²) in [5.41, 5.74) is 0. The van der Waals surface area contributed by atoms with Crippen LogP contribution >= 0.6 is 15.9 Å². The molecule has 0 N–H and O–H groups in total. The molecule has 0 amide bonds. The molecule has 0 aromatic carbocycles. The van der Waals surface area contributed by atoms with E-state index in [1.54, 1.807) is 0 Å². The van der Waals surface area contributed by atoms with Crippen LogP contribution < -0.4 is 0 Å². The second kappa shape index (κ2) is 2.90. The van der Waals surface area contributed by atoms with E-state index >= 15 is 0 Å². The number of aromatic nitrogens is 1. The van der Waals surface area contributed by atoms with E-state index in [2.05, 4.69) is 25.6 Å². The lowest BCUT2D eigenvalue weighted by molar-refractivity contribution is 0.387. The summed E-state index contributed by atoms with van der Waals surface area (Å²) < 4.78 is 36.8. The van der Waals surface area contributed by atoms with Gasteiger partial charge in [0.05, 0.1) is 0 Å². The Balaban J connectivity index is 2.81. The van der Waals surface area contributed by atoms with E-state index in [0.717, 1.165) is 0 Å². The number of hydrogen-bond acceptors (Lipinski definition) is 4. The third-order valence-electron chi connectivity index (χ3n) is 0.845. The lowest BCUT2D eigenvalue weighted by atomic mass is 10.5. The van der Waals surface area contributed by atoms with Crippen LogP contribution in [0.3, 0.4) is 0 Å². The van der Waals surface area contributed by atoms with E-state index in [1.165, 1.54) is 6.07 Å². The van der Waals surface area contributed by atoms with Gasteiger partial charge in [-0.1, -0.05) is 5.16 Å². The van der Waals surface area contributed by atoms with Crippen molar-refractivity contribution >= 4 is 26.2 Å². The third kappa shape index (κ3) is 2.98. The van der Waals surface area contributed by atoms with E-state index in [0.29, 0.717) is 4.60 Å². The molecule has 4 nitrogen and oxygen atoms in total. The van der Waals surface area contributed by atoms with Gasteiger partial charge in [-0.15, -0.1) is 3.89 Å². The molecule has 0 atom stereocenters. The van der Waals surface area contributed by atoms with Crippen molar-refractivity contribution in [2.24, 2.45) is 0 Å². The molecular formula is C4H3BrFNO3S. The van der Waals surface area contributed by atoms with Crippen molar-refractivity contribution in [1.29, 1.82) is 0 Å². The lowest BCUT2D eigenvalue weighted by Gasteiger charge is -1.85. The van der Waals surface area contributed by atoms with Gasteiger partial charge in [-0.2, -0.15) is 8.42 Å². The molecule has 0 aliphatic carbocycles. The van der Waals surface area contributed by atoms with Gasteiger partial charge in [0.25, 0.3) is 0 Å². The number of hydrogen-bond donors (Lipinski definition) is 0. The molecule has 0 radical (unpaired) electrons. The number of rotatable bonds is 2. The van der Waals surface area contributed by atoms with Crippen LogP contribution in [0.25, 0.3) is 0 Å². The predicted molar refractivity (Wildman–Crippen MR) is 37.9 cm³/mol. The molecular weight excluding hydrogens is 241 g/mol. The van der Waals surface area contributed by atoms with Gasteiger partial charge >= 0.3 is 10.2 Å². The Morgan fingerprint density at radius 1 is 1.73 bits per heavy atom. The second-order valence-electron chi connectivity index (χ2n) is 1.80. The van der Waals surface area contributed by atoms with Crippen molar-refractivity contribution in [2.75, 3.05) is 0 Å².